The fourth-order valence-electron chi connectivity index (χ4n) is 2.73. The van der Waals surface area contributed by atoms with Crippen molar-refractivity contribution >= 4 is 16.7 Å². The predicted molar refractivity (Wildman–Crippen MR) is 86.1 cm³/mol. The first-order valence-corrected chi connectivity index (χ1v) is 9.06. The zero-order valence-corrected chi connectivity index (χ0v) is 13.1. The van der Waals surface area contributed by atoms with Gasteiger partial charge in [-0.3, -0.25) is 9.00 Å². The van der Waals surface area contributed by atoms with Crippen LogP contribution in [0.25, 0.3) is 0 Å². The van der Waals surface area contributed by atoms with E-state index >= 15 is 0 Å². The lowest BCUT2D eigenvalue weighted by atomic mass is 9.85. The van der Waals surface area contributed by atoms with E-state index in [1.54, 1.807) is 0 Å². The van der Waals surface area contributed by atoms with Gasteiger partial charge in [0, 0.05) is 40.8 Å². The van der Waals surface area contributed by atoms with Gasteiger partial charge in [0.1, 0.15) is 0 Å². The van der Waals surface area contributed by atoms with Gasteiger partial charge in [0.25, 0.3) is 0 Å². The summed E-state index contributed by atoms with van der Waals surface area (Å²) in [5, 5.41) is 2.90. The van der Waals surface area contributed by atoms with Crippen molar-refractivity contribution in [3.63, 3.8) is 0 Å². The average Bonchev–Trinajstić information content (AvgIpc) is 2.48. The summed E-state index contributed by atoms with van der Waals surface area (Å²) in [6, 6.07) is 9.93. The standard InChI is InChI=1S/C16H24N2O2S/c17-15-8-4-7-14(11-15)16(19)18-9-10-21(20)12-13-5-2-1-3-6-13/h1-3,5-6,14-15H,4,7-12,17H2,(H,18,19). The third-order valence-corrected chi connectivity index (χ3v) is 5.20. The highest BCUT2D eigenvalue weighted by Gasteiger charge is 2.24. The summed E-state index contributed by atoms with van der Waals surface area (Å²) in [6.07, 6.45) is 3.75. The quantitative estimate of drug-likeness (QED) is 0.838. The van der Waals surface area contributed by atoms with Crippen LogP contribution in [0.2, 0.25) is 0 Å². The molecule has 1 aliphatic carbocycles. The van der Waals surface area contributed by atoms with Crippen molar-refractivity contribution in [1.29, 1.82) is 0 Å². The number of amides is 1. The van der Waals surface area contributed by atoms with Crippen LogP contribution in [0.15, 0.2) is 30.3 Å². The first-order chi connectivity index (χ1) is 10.1. The van der Waals surface area contributed by atoms with Gasteiger partial charge in [0.15, 0.2) is 0 Å². The molecule has 1 aromatic rings. The van der Waals surface area contributed by atoms with Gasteiger partial charge in [-0.05, 0) is 24.8 Å². The summed E-state index contributed by atoms with van der Waals surface area (Å²) in [5.41, 5.74) is 6.97. The van der Waals surface area contributed by atoms with Crippen LogP contribution in [0.5, 0.6) is 0 Å². The van der Waals surface area contributed by atoms with Gasteiger partial charge in [-0.25, -0.2) is 0 Å². The SMILES string of the molecule is NC1CCCC(C(=O)NCCS(=O)Cc2ccccc2)C1. The number of nitrogens with one attached hydrogen (secondary N) is 1. The van der Waals surface area contributed by atoms with Crippen molar-refractivity contribution in [1.82, 2.24) is 5.32 Å². The fourth-order valence-corrected chi connectivity index (χ4v) is 3.77. The van der Waals surface area contributed by atoms with Crippen LogP contribution >= 0.6 is 0 Å². The molecule has 3 unspecified atom stereocenters. The van der Waals surface area contributed by atoms with Crippen molar-refractivity contribution in [2.75, 3.05) is 12.3 Å². The predicted octanol–water partition coefficient (Wildman–Crippen LogP) is 1.57. The number of benzene rings is 1. The lowest BCUT2D eigenvalue weighted by molar-refractivity contribution is -0.125. The average molecular weight is 308 g/mol. The smallest absolute Gasteiger partial charge is 0.223 e. The van der Waals surface area contributed by atoms with Gasteiger partial charge in [-0.15, -0.1) is 0 Å². The first-order valence-electron chi connectivity index (χ1n) is 7.57. The maximum atomic E-state index is 12.0. The number of hydrogen-bond donors (Lipinski definition) is 2. The highest BCUT2D eigenvalue weighted by atomic mass is 32.2. The second-order valence-electron chi connectivity index (χ2n) is 5.69. The second kappa shape index (κ2) is 8.29. The lowest BCUT2D eigenvalue weighted by Gasteiger charge is -2.25. The molecule has 1 fully saturated rings. The highest BCUT2D eigenvalue weighted by Crippen LogP contribution is 2.22. The Bertz CT molecular complexity index is 478. The maximum Gasteiger partial charge on any atom is 0.223 e. The lowest BCUT2D eigenvalue weighted by Crippen LogP contribution is -2.39. The molecule has 0 aliphatic heterocycles. The minimum Gasteiger partial charge on any atom is -0.355 e. The fraction of sp³-hybridized carbons (Fsp3) is 0.562. The van der Waals surface area contributed by atoms with Crippen LogP contribution in [-0.4, -0.2) is 28.5 Å². The number of hydrogen-bond acceptors (Lipinski definition) is 3. The van der Waals surface area contributed by atoms with E-state index in [2.05, 4.69) is 5.32 Å². The molecule has 1 saturated carbocycles. The Morgan fingerprint density at radius 3 is 2.76 bits per heavy atom. The third-order valence-electron chi connectivity index (χ3n) is 3.89. The molecule has 3 N–H and O–H groups in total. The molecule has 0 saturated heterocycles. The molecule has 4 nitrogen and oxygen atoms in total. The Labute approximate surface area is 129 Å². The van der Waals surface area contributed by atoms with Gasteiger partial charge < -0.3 is 11.1 Å². The van der Waals surface area contributed by atoms with Crippen molar-refractivity contribution in [2.45, 2.75) is 37.5 Å². The summed E-state index contributed by atoms with van der Waals surface area (Å²) < 4.78 is 12.0. The molecule has 1 aromatic carbocycles. The summed E-state index contributed by atoms with van der Waals surface area (Å²) in [4.78, 5) is 12.0. The molecule has 0 spiro atoms. The largest absolute Gasteiger partial charge is 0.355 e. The van der Waals surface area contributed by atoms with Crippen LogP contribution in [-0.2, 0) is 21.3 Å². The summed E-state index contributed by atoms with van der Waals surface area (Å²) in [5.74, 6) is 1.16. The number of nitrogens with two attached hydrogens (primary N) is 1. The maximum absolute atomic E-state index is 12.0. The zero-order chi connectivity index (χ0) is 15.1. The van der Waals surface area contributed by atoms with E-state index in [-0.39, 0.29) is 17.9 Å². The number of carbonyl (C=O) groups is 1. The van der Waals surface area contributed by atoms with Gasteiger partial charge >= 0.3 is 0 Å². The van der Waals surface area contributed by atoms with Crippen LogP contribution in [0, 0.1) is 5.92 Å². The third kappa shape index (κ3) is 5.59. The molecule has 2 rings (SSSR count). The van der Waals surface area contributed by atoms with E-state index in [0.29, 0.717) is 18.1 Å². The Morgan fingerprint density at radius 1 is 1.29 bits per heavy atom. The minimum atomic E-state index is -0.939. The summed E-state index contributed by atoms with van der Waals surface area (Å²) >= 11 is 0. The normalized spacial score (nSPS) is 23.5. The van der Waals surface area contributed by atoms with Gasteiger partial charge in [-0.2, -0.15) is 0 Å². The molecule has 1 amide bonds. The van der Waals surface area contributed by atoms with E-state index in [4.69, 9.17) is 5.73 Å². The molecular weight excluding hydrogens is 284 g/mol. The highest BCUT2D eigenvalue weighted by molar-refractivity contribution is 7.84. The van der Waals surface area contributed by atoms with Crippen LogP contribution in [0.4, 0.5) is 0 Å². The molecule has 3 atom stereocenters. The monoisotopic (exact) mass is 308 g/mol. The Hall–Kier alpha value is -1.20. The summed E-state index contributed by atoms with van der Waals surface area (Å²) in [7, 11) is -0.939. The van der Waals surface area contributed by atoms with Crippen molar-refractivity contribution in [2.24, 2.45) is 11.7 Å². The van der Waals surface area contributed by atoms with E-state index in [1.165, 1.54) is 0 Å². The van der Waals surface area contributed by atoms with E-state index in [9.17, 15) is 9.00 Å². The van der Waals surface area contributed by atoms with Crippen molar-refractivity contribution in [3.05, 3.63) is 35.9 Å². The Morgan fingerprint density at radius 2 is 2.05 bits per heavy atom. The molecule has 0 aromatic heterocycles. The van der Waals surface area contributed by atoms with Gasteiger partial charge in [0.05, 0.1) is 0 Å². The van der Waals surface area contributed by atoms with Gasteiger partial charge in [0.2, 0.25) is 5.91 Å². The second-order valence-corrected chi connectivity index (χ2v) is 7.27. The molecule has 0 radical (unpaired) electrons. The molecule has 116 valence electrons. The molecule has 0 heterocycles. The van der Waals surface area contributed by atoms with E-state index < -0.39 is 10.8 Å². The van der Waals surface area contributed by atoms with Crippen molar-refractivity contribution in [3.8, 4) is 0 Å². The number of carbonyl (C=O) groups excluding carboxylic acids is 1. The number of rotatable bonds is 6. The molecule has 21 heavy (non-hydrogen) atoms. The minimum absolute atomic E-state index is 0.0382. The van der Waals surface area contributed by atoms with Gasteiger partial charge in [-0.1, -0.05) is 36.8 Å². The van der Waals surface area contributed by atoms with Crippen LogP contribution in [0.1, 0.15) is 31.2 Å². The first kappa shape index (κ1) is 16.2. The molecule has 5 heteroatoms. The summed E-state index contributed by atoms with van der Waals surface area (Å²) in [6.45, 7) is 0.476. The van der Waals surface area contributed by atoms with Crippen LogP contribution in [0.3, 0.4) is 0 Å². The Kier molecular flexibility index (Phi) is 6.39. The molecule has 0 bridgehead atoms. The zero-order valence-electron chi connectivity index (χ0n) is 12.3. The Balaban J connectivity index is 1.66. The molecule has 1 aliphatic rings. The molecular formula is C16H24N2O2S. The van der Waals surface area contributed by atoms with Crippen molar-refractivity contribution < 1.29 is 9.00 Å². The topological polar surface area (TPSA) is 72.2 Å². The van der Waals surface area contributed by atoms with E-state index in [0.717, 1.165) is 31.2 Å². The van der Waals surface area contributed by atoms with E-state index in [1.807, 2.05) is 30.3 Å². The van der Waals surface area contributed by atoms with Crippen LogP contribution < -0.4 is 11.1 Å².